The average Bonchev–Trinajstić information content (AvgIpc) is 2.35. The zero-order valence-corrected chi connectivity index (χ0v) is 12.7. The van der Waals surface area contributed by atoms with E-state index in [1.807, 2.05) is 24.3 Å². The number of anilines is 1. The van der Waals surface area contributed by atoms with Crippen molar-refractivity contribution >= 4 is 44.8 Å². The Hall–Kier alpha value is -0.770. The highest BCUT2D eigenvalue weighted by Crippen LogP contribution is 2.27. The minimum Gasteiger partial charge on any atom is -0.377 e. The maximum Gasteiger partial charge on any atom is 0.106 e. The summed E-state index contributed by atoms with van der Waals surface area (Å²) in [6.07, 6.45) is 1.78. The predicted molar refractivity (Wildman–Crippen MR) is 80.4 cm³/mol. The van der Waals surface area contributed by atoms with Crippen LogP contribution >= 0.6 is 39.1 Å². The third kappa shape index (κ3) is 3.37. The summed E-state index contributed by atoms with van der Waals surface area (Å²) >= 11 is 15.2. The van der Waals surface area contributed by atoms with Crippen LogP contribution in [0.3, 0.4) is 0 Å². The zero-order valence-electron chi connectivity index (χ0n) is 9.62. The first-order valence-corrected chi connectivity index (χ1v) is 6.94. The molecular weight excluding hydrogens is 335 g/mol. The molecule has 1 aromatic heterocycles. The maximum atomic E-state index is 6.00. The van der Waals surface area contributed by atoms with Crippen LogP contribution in [-0.2, 0) is 0 Å². The molecule has 0 fully saturated rings. The molecule has 0 spiro atoms. The van der Waals surface area contributed by atoms with Crippen molar-refractivity contribution in [3.63, 3.8) is 0 Å². The standard InChI is InChI=1S/C13H11BrCl2N2/c1-8(9-2-4-11(15)12(16)6-9)18-10-3-5-13(14)17-7-10/h2-8,18H,1H3. The van der Waals surface area contributed by atoms with Gasteiger partial charge in [-0.25, -0.2) is 4.98 Å². The number of aromatic nitrogens is 1. The normalized spacial score (nSPS) is 12.2. The van der Waals surface area contributed by atoms with Crippen molar-refractivity contribution in [3.05, 3.63) is 56.7 Å². The van der Waals surface area contributed by atoms with E-state index in [9.17, 15) is 0 Å². The first-order valence-electron chi connectivity index (χ1n) is 5.39. The van der Waals surface area contributed by atoms with Gasteiger partial charge in [0.15, 0.2) is 0 Å². The molecule has 0 saturated heterocycles. The van der Waals surface area contributed by atoms with Crippen LogP contribution in [0.15, 0.2) is 41.1 Å². The Bertz CT molecular complexity index is 543. The monoisotopic (exact) mass is 344 g/mol. The molecule has 0 aliphatic carbocycles. The summed E-state index contributed by atoms with van der Waals surface area (Å²) in [5, 5.41) is 4.48. The van der Waals surface area contributed by atoms with Crippen molar-refractivity contribution in [1.29, 1.82) is 0 Å². The van der Waals surface area contributed by atoms with Gasteiger partial charge in [0.05, 0.1) is 21.9 Å². The van der Waals surface area contributed by atoms with Gasteiger partial charge in [-0.3, -0.25) is 0 Å². The summed E-state index contributed by atoms with van der Waals surface area (Å²) in [6, 6.07) is 9.61. The highest BCUT2D eigenvalue weighted by atomic mass is 79.9. The van der Waals surface area contributed by atoms with E-state index in [1.54, 1.807) is 12.3 Å². The average molecular weight is 346 g/mol. The summed E-state index contributed by atoms with van der Waals surface area (Å²) in [5.74, 6) is 0. The number of nitrogens with one attached hydrogen (secondary N) is 1. The highest BCUT2D eigenvalue weighted by Gasteiger charge is 2.07. The van der Waals surface area contributed by atoms with Crippen molar-refractivity contribution in [3.8, 4) is 0 Å². The van der Waals surface area contributed by atoms with E-state index in [-0.39, 0.29) is 6.04 Å². The van der Waals surface area contributed by atoms with Gasteiger partial charge < -0.3 is 5.32 Å². The molecule has 1 aromatic carbocycles. The highest BCUT2D eigenvalue weighted by molar-refractivity contribution is 9.10. The molecule has 1 atom stereocenters. The summed E-state index contributed by atoms with van der Waals surface area (Å²) in [7, 11) is 0. The molecule has 0 aliphatic heterocycles. The number of nitrogens with zero attached hydrogens (tertiary/aromatic N) is 1. The maximum absolute atomic E-state index is 6.00. The molecule has 5 heteroatoms. The molecule has 2 rings (SSSR count). The topological polar surface area (TPSA) is 24.9 Å². The van der Waals surface area contributed by atoms with Crippen LogP contribution in [0.5, 0.6) is 0 Å². The number of halogens is 3. The molecule has 18 heavy (non-hydrogen) atoms. The van der Waals surface area contributed by atoms with Crippen molar-refractivity contribution in [2.24, 2.45) is 0 Å². The van der Waals surface area contributed by atoms with Crippen molar-refractivity contribution in [2.45, 2.75) is 13.0 Å². The largest absolute Gasteiger partial charge is 0.377 e. The molecule has 2 aromatic rings. The summed E-state index contributed by atoms with van der Waals surface area (Å²) in [6.45, 7) is 2.06. The van der Waals surface area contributed by atoms with Gasteiger partial charge in [-0.1, -0.05) is 29.3 Å². The van der Waals surface area contributed by atoms with E-state index in [0.717, 1.165) is 15.9 Å². The lowest BCUT2D eigenvalue weighted by Gasteiger charge is -2.16. The third-order valence-corrected chi connectivity index (χ3v) is 3.76. The van der Waals surface area contributed by atoms with Gasteiger partial charge in [-0.05, 0) is 52.7 Å². The Morgan fingerprint density at radius 3 is 2.56 bits per heavy atom. The van der Waals surface area contributed by atoms with Crippen LogP contribution in [-0.4, -0.2) is 4.98 Å². The quantitative estimate of drug-likeness (QED) is 0.761. The van der Waals surface area contributed by atoms with Crippen LogP contribution in [0, 0.1) is 0 Å². The number of benzene rings is 1. The van der Waals surface area contributed by atoms with Crippen LogP contribution in [0.2, 0.25) is 10.0 Å². The Labute approximate surface area is 124 Å². The molecule has 2 nitrogen and oxygen atoms in total. The minimum absolute atomic E-state index is 0.128. The van der Waals surface area contributed by atoms with E-state index >= 15 is 0 Å². The Morgan fingerprint density at radius 1 is 1.17 bits per heavy atom. The van der Waals surface area contributed by atoms with Gasteiger partial charge in [0.2, 0.25) is 0 Å². The first-order chi connectivity index (χ1) is 8.56. The van der Waals surface area contributed by atoms with Crippen LogP contribution in [0.4, 0.5) is 5.69 Å². The minimum atomic E-state index is 0.128. The molecule has 94 valence electrons. The second-order valence-corrected chi connectivity index (χ2v) is 5.54. The van der Waals surface area contributed by atoms with Crippen LogP contribution < -0.4 is 5.32 Å². The zero-order chi connectivity index (χ0) is 13.1. The molecule has 0 aliphatic rings. The third-order valence-electron chi connectivity index (χ3n) is 2.55. The number of hydrogen-bond donors (Lipinski definition) is 1. The second kappa shape index (κ2) is 5.91. The molecule has 0 saturated carbocycles. The molecule has 0 amide bonds. The second-order valence-electron chi connectivity index (χ2n) is 3.91. The number of rotatable bonds is 3. The van der Waals surface area contributed by atoms with Gasteiger partial charge in [0, 0.05) is 6.04 Å². The molecule has 0 bridgehead atoms. The first kappa shape index (κ1) is 13.7. The van der Waals surface area contributed by atoms with Crippen molar-refractivity contribution < 1.29 is 0 Å². The Kier molecular flexibility index (Phi) is 4.49. The van der Waals surface area contributed by atoms with E-state index in [4.69, 9.17) is 23.2 Å². The van der Waals surface area contributed by atoms with Crippen LogP contribution in [0.25, 0.3) is 0 Å². The summed E-state index contributed by atoms with van der Waals surface area (Å²) in [5.41, 5.74) is 2.03. The molecule has 1 heterocycles. The van der Waals surface area contributed by atoms with E-state index in [0.29, 0.717) is 10.0 Å². The smallest absolute Gasteiger partial charge is 0.106 e. The van der Waals surface area contributed by atoms with Crippen molar-refractivity contribution in [1.82, 2.24) is 4.98 Å². The Morgan fingerprint density at radius 2 is 1.94 bits per heavy atom. The van der Waals surface area contributed by atoms with E-state index in [2.05, 4.69) is 33.2 Å². The number of hydrogen-bond acceptors (Lipinski definition) is 2. The molecular formula is C13H11BrCl2N2. The van der Waals surface area contributed by atoms with Gasteiger partial charge in [0.25, 0.3) is 0 Å². The lowest BCUT2D eigenvalue weighted by atomic mass is 10.1. The fourth-order valence-corrected chi connectivity index (χ4v) is 2.12. The van der Waals surface area contributed by atoms with Gasteiger partial charge in [-0.15, -0.1) is 0 Å². The molecule has 1 N–H and O–H groups in total. The van der Waals surface area contributed by atoms with Gasteiger partial charge in [-0.2, -0.15) is 0 Å². The fourth-order valence-electron chi connectivity index (χ4n) is 1.58. The fraction of sp³-hybridized carbons (Fsp3) is 0.154. The van der Waals surface area contributed by atoms with Crippen LogP contribution in [0.1, 0.15) is 18.5 Å². The van der Waals surface area contributed by atoms with Gasteiger partial charge in [0.1, 0.15) is 4.60 Å². The van der Waals surface area contributed by atoms with Gasteiger partial charge >= 0.3 is 0 Å². The molecule has 1 unspecified atom stereocenters. The summed E-state index contributed by atoms with van der Waals surface area (Å²) in [4.78, 5) is 4.16. The lowest BCUT2D eigenvalue weighted by molar-refractivity contribution is 0.882. The number of pyridine rings is 1. The predicted octanol–water partition coefficient (Wildman–Crippen LogP) is 5.32. The Balaban J connectivity index is 2.13. The van der Waals surface area contributed by atoms with E-state index in [1.165, 1.54) is 0 Å². The summed E-state index contributed by atoms with van der Waals surface area (Å²) < 4.78 is 0.815. The van der Waals surface area contributed by atoms with E-state index < -0.39 is 0 Å². The molecule has 0 radical (unpaired) electrons. The lowest BCUT2D eigenvalue weighted by Crippen LogP contribution is -2.06. The SMILES string of the molecule is CC(Nc1ccc(Br)nc1)c1ccc(Cl)c(Cl)c1. The van der Waals surface area contributed by atoms with Crippen molar-refractivity contribution in [2.75, 3.05) is 5.32 Å².